The van der Waals surface area contributed by atoms with Crippen molar-refractivity contribution in [3.8, 4) is 5.88 Å². The third kappa shape index (κ3) is 3.82. The monoisotopic (exact) mass is 395 g/mol. The van der Waals surface area contributed by atoms with E-state index in [2.05, 4.69) is 20.5 Å². The Balaban J connectivity index is 1.38. The smallest absolute Gasteiger partial charge is 0.417 e. The number of carbonyl (C=O) groups excluding carboxylic acids is 1. The number of nitrogens with one attached hydrogen (secondary N) is 2. The van der Waals surface area contributed by atoms with Gasteiger partial charge >= 0.3 is 6.18 Å². The highest BCUT2D eigenvalue weighted by Gasteiger charge is 2.33. The zero-order chi connectivity index (χ0) is 19.7. The molecule has 10 heteroatoms. The maximum Gasteiger partial charge on any atom is 0.417 e. The molecule has 1 amide bonds. The predicted molar refractivity (Wildman–Crippen MR) is 93.0 cm³/mol. The lowest BCUT2D eigenvalue weighted by atomic mass is 10.0. The summed E-state index contributed by atoms with van der Waals surface area (Å²) in [5, 5.41) is 10.3. The van der Waals surface area contributed by atoms with Gasteiger partial charge in [0.2, 0.25) is 5.88 Å². The zero-order valence-electron chi connectivity index (χ0n) is 15.0. The second kappa shape index (κ2) is 7.42. The lowest BCUT2D eigenvalue weighted by Crippen LogP contribution is -2.31. The van der Waals surface area contributed by atoms with E-state index in [1.807, 2.05) is 0 Å². The number of aromatic nitrogens is 3. The van der Waals surface area contributed by atoms with Crippen molar-refractivity contribution in [1.29, 1.82) is 0 Å². The van der Waals surface area contributed by atoms with E-state index in [-0.39, 0.29) is 23.8 Å². The Morgan fingerprint density at radius 3 is 2.79 bits per heavy atom. The van der Waals surface area contributed by atoms with Crippen LogP contribution >= 0.6 is 0 Å². The van der Waals surface area contributed by atoms with Crippen LogP contribution in [-0.4, -0.2) is 58.3 Å². The number of aromatic amines is 1. The first-order chi connectivity index (χ1) is 13.4. The number of hydrogen-bond donors (Lipinski definition) is 2. The molecule has 4 rings (SSSR count). The molecule has 7 nitrogen and oxygen atoms in total. The maximum absolute atomic E-state index is 12.9. The molecule has 2 aromatic rings. The summed E-state index contributed by atoms with van der Waals surface area (Å²) in [7, 11) is 0. The van der Waals surface area contributed by atoms with Crippen molar-refractivity contribution in [2.45, 2.75) is 31.0 Å². The van der Waals surface area contributed by atoms with Gasteiger partial charge in [-0.3, -0.25) is 9.89 Å². The summed E-state index contributed by atoms with van der Waals surface area (Å²) in [5.74, 6) is 0.253. The molecule has 2 unspecified atom stereocenters. The molecule has 2 fully saturated rings. The topological polar surface area (TPSA) is 83.1 Å². The van der Waals surface area contributed by atoms with Gasteiger partial charge in [0, 0.05) is 37.7 Å². The number of alkyl halides is 3. The van der Waals surface area contributed by atoms with Crippen LogP contribution < -0.4 is 10.1 Å². The van der Waals surface area contributed by atoms with Gasteiger partial charge in [0.05, 0.1) is 29.6 Å². The van der Waals surface area contributed by atoms with Crippen molar-refractivity contribution in [2.24, 2.45) is 0 Å². The van der Waals surface area contributed by atoms with Gasteiger partial charge in [-0.2, -0.15) is 18.3 Å². The first kappa shape index (κ1) is 18.7. The summed E-state index contributed by atoms with van der Waals surface area (Å²) in [6.07, 6.45) is -0.890. The Kier molecular flexibility index (Phi) is 4.96. The van der Waals surface area contributed by atoms with Crippen LogP contribution in [0.25, 0.3) is 0 Å². The van der Waals surface area contributed by atoms with Gasteiger partial charge in [-0.15, -0.1) is 0 Å². The fourth-order valence-electron chi connectivity index (χ4n) is 3.65. The lowest BCUT2D eigenvalue weighted by molar-refractivity contribution is -0.137. The minimum absolute atomic E-state index is 0.109. The molecule has 0 saturated carbocycles. The summed E-state index contributed by atoms with van der Waals surface area (Å²) in [5.41, 5.74) is 0.600. The summed E-state index contributed by atoms with van der Waals surface area (Å²) in [6, 6.07) is 2.14. The first-order valence-corrected chi connectivity index (χ1v) is 9.15. The summed E-state index contributed by atoms with van der Waals surface area (Å²) >= 11 is 0. The first-order valence-electron chi connectivity index (χ1n) is 9.15. The van der Waals surface area contributed by atoms with Crippen LogP contribution in [0, 0.1) is 0 Å². The highest BCUT2D eigenvalue weighted by Crippen LogP contribution is 2.30. The van der Waals surface area contributed by atoms with Crippen molar-refractivity contribution in [2.75, 3.05) is 26.2 Å². The van der Waals surface area contributed by atoms with Crippen molar-refractivity contribution in [1.82, 2.24) is 25.4 Å². The Hall–Kier alpha value is -2.62. The van der Waals surface area contributed by atoms with E-state index in [9.17, 15) is 18.0 Å². The molecule has 0 spiro atoms. The molecule has 2 saturated heterocycles. The number of likely N-dealkylation sites (tertiary alicyclic amines) is 1. The van der Waals surface area contributed by atoms with Crippen molar-refractivity contribution >= 4 is 5.91 Å². The highest BCUT2D eigenvalue weighted by molar-refractivity contribution is 5.95. The second-order valence-corrected chi connectivity index (χ2v) is 7.05. The molecule has 4 heterocycles. The van der Waals surface area contributed by atoms with Gasteiger partial charge in [-0.25, -0.2) is 4.98 Å². The zero-order valence-corrected chi connectivity index (χ0v) is 15.0. The molecule has 0 bridgehead atoms. The molecule has 0 aromatic carbocycles. The van der Waals surface area contributed by atoms with Crippen LogP contribution in [0.1, 0.15) is 40.4 Å². The second-order valence-electron chi connectivity index (χ2n) is 7.05. The number of carbonyl (C=O) groups is 1. The fourth-order valence-corrected chi connectivity index (χ4v) is 3.65. The van der Waals surface area contributed by atoms with E-state index in [4.69, 9.17) is 4.74 Å². The molecule has 2 aliphatic rings. The van der Waals surface area contributed by atoms with Gasteiger partial charge in [-0.1, -0.05) is 0 Å². The SMILES string of the molecule is O=C(c1cn[nH]c1C1CCNC1)N1CCC(Oc2ccc(C(F)(F)F)cn2)C1. The summed E-state index contributed by atoms with van der Waals surface area (Å²) < 4.78 is 43.5. The molecule has 2 aliphatic heterocycles. The standard InChI is InChI=1S/C18H20F3N5O2/c19-18(20,21)12-1-2-15(23-8-12)28-13-4-6-26(10-13)17(27)14-9-24-25-16(14)11-3-5-22-7-11/h1-2,8-9,11,13,22H,3-7,10H2,(H,24,25). The minimum atomic E-state index is -4.43. The minimum Gasteiger partial charge on any atom is -0.472 e. The van der Waals surface area contributed by atoms with E-state index in [0.717, 1.165) is 37.5 Å². The number of nitrogens with zero attached hydrogens (tertiary/aromatic N) is 3. The van der Waals surface area contributed by atoms with Crippen LogP contribution in [0.4, 0.5) is 13.2 Å². The van der Waals surface area contributed by atoms with Gasteiger partial charge in [-0.05, 0) is 19.0 Å². The number of ether oxygens (including phenoxy) is 1. The molecule has 28 heavy (non-hydrogen) atoms. The normalized spacial score (nSPS) is 22.6. The summed E-state index contributed by atoms with van der Waals surface area (Å²) in [6.45, 7) is 2.59. The van der Waals surface area contributed by atoms with Gasteiger partial charge in [0.25, 0.3) is 5.91 Å². The number of amides is 1. The predicted octanol–water partition coefficient (Wildman–Crippen LogP) is 2.19. The number of H-pyrrole nitrogens is 1. The number of pyridine rings is 1. The Labute approximate surface area is 159 Å². The largest absolute Gasteiger partial charge is 0.472 e. The molecule has 0 radical (unpaired) electrons. The summed E-state index contributed by atoms with van der Waals surface area (Å²) in [4.78, 5) is 18.3. The Bertz CT molecular complexity index is 830. The average Bonchev–Trinajstić information content (AvgIpc) is 3.41. The lowest BCUT2D eigenvalue weighted by Gasteiger charge is -2.18. The van der Waals surface area contributed by atoms with E-state index >= 15 is 0 Å². The van der Waals surface area contributed by atoms with E-state index < -0.39 is 11.7 Å². The number of hydrogen-bond acceptors (Lipinski definition) is 5. The van der Waals surface area contributed by atoms with E-state index in [1.54, 1.807) is 11.1 Å². The fraction of sp³-hybridized carbons (Fsp3) is 0.500. The van der Waals surface area contributed by atoms with Crippen LogP contribution in [0.5, 0.6) is 5.88 Å². The van der Waals surface area contributed by atoms with Gasteiger partial charge < -0.3 is 15.0 Å². The van der Waals surface area contributed by atoms with Crippen LogP contribution in [0.15, 0.2) is 24.5 Å². The number of rotatable bonds is 4. The third-order valence-electron chi connectivity index (χ3n) is 5.15. The molecule has 0 aliphatic carbocycles. The highest BCUT2D eigenvalue weighted by atomic mass is 19.4. The van der Waals surface area contributed by atoms with Crippen LogP contribution in [0.3, 0.4) is 0 Å². The Morgan fingerprint density at radius 2 is 2.11 bits per heavy atom. The molecular formula is C18H20F3N5O2. The number of halogens is 3. The molecule has 2 aromatic heterocycles. The van der Waals surface area contributed by atoms with Crippen LogP contribution in [-0.2, 0) is 6.18 Å². The molecule has 150 valence electrons. The van der Waals surface area contributed by atoms with Gasteiger partial charge in [0.15, 0.2) is 0 Å². The Morgan fingerprint density at radius 1 is 1.25 bits per heavy atom. The van der Waals surface area contributed by atoms with E-state index in [1.165, 1.54) is 6.07 Å². The third-order valence-corrected chi connectivity index (χ3v) is 5.15. The molecule has 2 atom stereocenters. The van der Waals surface area contributed by atoms with Crippen molar-refractivity contribution in [3.05, 3.63) is 41.3 Å². The van der Waals surface area contributed by atoms with Crippen molar-refractivity contribution < 1.29 is 22.7 Å². The van der Waals surface area contributed by atoms with Crippen LogP contribution in [0.2, 0.25) is 0 Å². The van der Waals surface area contributed by atoms with E-state index in [0.29, 0.717) is 25.1 Å². The molecule has 2 N–H and O–H groups in total. The average molecular weight is 395 g/mol. The van der Waals surface area contributed by atoms with Crippen molar-refractivity contribution in [3.63, 3.8) is 0 Å². The van der Waals surface area contributed by atoms with Gasteiger partial charge in [0.1, 0.15) is 6.10 Å². The maximum atomic E-state index is 12.9. The molecular weight excluding hydrogens is 375 g/mol. The quantitative estimate of drug-likeness (QED) is 0.829.